The standard InChI is InChI=1S/C12H22N2O3/c1-7(2)5-9(13)12(17)14-10(6-11(15)16)8-3-4-8/h7-10H,3-6,13H2,1-2H3,(H,14,17)(H,15,16)/t9-,10?/m1/s1. The molecule has 0 aromatic heterocycles. The highest BCUT2D eigenvalue weighted by molar-refractivity contribution is 5.82. The zero-order valence-corrected chi connectivity index (χ0v) is 10.5. The van der Waals surface area contributed by atoms with E-state index in [0.29, 0.717) is 18.3 Å². The lowest BCUT2D eigenvalue weighted by Crippen LogP contribution is -2.47. The van der Waals surface area contributed by atoms with E-state index in [1.807, 2.05) is 13.8 Å². The number of hydrogen-bond acceptors (Lipinski definition) is 3. The topological polar surface area (TPSA) is 92.4 Å². The molecule has 0 aliphatic heterocycles. The lowest BCUT2D eigenvalue weighted by Gasteiger charge is -2.20. The maximum absolute atomic E-state index is 11.8. The summed E-state index contributed by atoms with van der Waals surface area (Å²) in [5.41, 5.74) is 5.76. The molecule has 1 saturated carbocycles. The zero-order chi connectivity index (χ0) is 13.0. The predicted octanol–water partition coefficient (Wildman–Crippen LogP) is 0.729. The molecule has 1 aliphatic carbocycles. The molecule has 2 atom stereocenters. The summed E-state index contributed by atoms with van der Waals surface area (Å²) in [6.45, 7) is 4.01. The lowest BCUT2D eigenvalue weighted by atomic mass is 10.0. The van der Waals surface area contributed by atoms with Crippen LogP contribution in [-0.4, -0.2) is 29.1 Å². The smallest absolute Gasteiger partial charge is 0.305 e. The molecule has 0 aromatic rings. The first-order chi connectivity index (χ1) is 7.90. The number of amides is 1. The predicted molar refractivity (Wildman–Crippen MR) is 64.3 cm³/mol. The molecule has 5 nitrogen and oxygen atoms in total. The van der Waals surface area contributed by atoms with Crippen LogP contribution in [-0.2, 0) is 9.59 Å². The van der Waals surface area contributed by atoms with Gasteiger partial charge >= 0.3 is 5.97 Å². The molecule has 0 radical (unpaired) electrons. The summed E-state index contributed by atoms with van der Waals surface area (Å²) in [4.78, 5) is 22.5. The zero-order valence-electron chi connectivity index (χ0n) is 10.5. The number of carboxylic acids is 1. The van der Waals surface area contributed by atoms with Crippen LogP contribution in [0.4, 0.5) is 0 Å². The van der Waals surface area contributed by atoms with Crippen LogP contribution in [0.15, 0.2) is 0 Å². The van der Waals surface area contributed by atoms with Crippen molar-refractivity contribution in [2.75, 3.05) is 0 Å². The Bertz CT molecular complexity index is 287. The van der Waals surface area contributed by atoms with Crippen LogP contribution in [0.25, 0.3) is 0 Å². The highest BCUT2D eigenvalue weighted by Crippen LogP contribution is 2.34. The Morgan fingerprint density at radius 1 is 1.41 bits per heavy atom. The molecule has 1 amide bonds. The SMILES string of the molecule is CC(C)C[C@@H](N)C(=O)NC(CC(=O)O)C1CC1. The van der Waals surface area contributed by atoms with Crippen LogP contribution in [0.3, 0.4) is 0 Å². The Hall–Kier alpha value is -1.10. The quantitative estimate of drug-likeness (QED) is 0.613. The van der Waals surface area contributed by atoms with Crippen molar-refractivity contribution in [1.82, 2.24) is 5.32 Å². The summed E-state index contributed by atoms with van der Waals surface area (Å²) in [7, 11) is 0. The highest BCUT2D eigenvalue weighted by atomic mass is 16.4. The monoisotopic (exact) mass is 242 g/mol. The summed E-state index contributed by atoms with van der Waals surface area (Å²) in [5.74, 6) is -0.424. The molecule has 0 bridgehead atoms. The van der Waals surface area contributed by atoms with E-state index in [1.165, 1.54) is 0 Å². The molecule has 1 fully saturated rings. The summed E-state index contributed by atoms with van der Waals surface area (Å²) in [6.07, 6.45) is 2.61. The van der Waals surface area contributed by atoms with Crippen molar-refractivity contribution in [2.24, 2.45) is 17.6 Å². The summed E-state index contributed by atoms with van der Waals surface area (Å²) >= 11 is 0. The summed E-state index contributed by atoms with van der Waals surface area (Å²) in [6, 6.07) is -0.789. The molecule has 1 rings (SSSR count). The van der Waals surface area contributed by atoms with Crippen molar-refractivity contribution in [3.8, 4) is 0 Å². The van der Waals surface area contributed by atoms with Gasteiger partial charge in [-0.05, 0) is 31.1 Å². The molecule has 1 unspecified atom stereocenters. The number of hydrogen-bond donors (Lipinski definition) is 3. The van der Waals surface area contributed by atoms with E-state index in [-0.39, 0.29) is 18.4 Å². The van der Waals surface area contributed by atoms with Gasteiger partial charge in [0.15, 0.2) is 0 Å². The van der Waals surface area contributed by atoms with Crippen molar-refractivity contribution < 1.29 is 14.7 Å². The fourth-order valence-electron chi connectivity index (χ4n) is 1.93. The van der Waals surface area contributed by atoms with Gasteiger partial charge in [0, 0.05) is 6.04 Å². The van der Waals surface area contributed by atoms with Gasteiger partial charge in [-0.25, -0.2) is 0 Å². The molecule has 0 heterocycles. The first-order valence-electron chi connectivity index (χ1n) is 6.18. The molecule has 0 saturated heterocycles. The molecule has 17 heavy (non-hydrogen) atoms. The average Bonchev–Trinajstić information content (AvgIpc) is 2.97. The van der Waals surface area contributed by atoms with Crippen LogP contribution in [0.1, 0.15) is 39.5 Å². The highest BCUT2D eigenvalue weighted by Gasteiger charge is 2.34. The van der Waals surface area contributed by atoms with Gasteiger partial charge in [0.25, 0.3) is 0 Å². The summed E-state index contributed by atoms with van der Waals surface area (Å²) < 4.78 is 0. The van der Waals surface area contributed by atoms with E-state index in [2.05, 4.69) is 5.32 Å². The second-order valence-electron chi connectivity index (χ2n) is 5.29. The van der Waals surface area contributed by atoms with Gasteiger partial charge in [0.1, 0.15) is 0 Å². The van der Waals surface area contributed by atoms with Crippen molar-refractivity contribution in [3.63, 3.8) is 0 Å². The van der Waals surface area contributed by atoms with Crippen molar-refractivity contribution in [1.29, 1.82) is 0 Å². The Morgan fingerprint density at radius 2 is 2.00 bits per heavy atom. The second-order valence-corrected chi connectivity index (χ2v) is 5.29. The first-order valence-corrected chi connectivity index (χ1v) is 6.18. The molecule has 4 N–H and O–H groups in total. The fourth-order valence-corrected chi connectivity index (χ4v) is 1.93. The Labute approximate surface area is 102 Å². The van der Waals surface area contributed by atoms with Crippen LogP contribution < -0.4 is 11.1 Å². The van der Waals surface area contributed by atoms with Gasteiger partial charge < -0.3 is 16.2 Å². The van der Waals surface area contributed by atoms with Gasteiger partial charge in [-0.1, -0.05) is 13.8 Å². The molecule has 1 aliphatic rings. The summed E-state index contributed by atoms with van der Waals surface area (Å²) in [5, 5.41) is 11.5. The van der Waals surface area contributed by atoms with E-state index in [9.17, 15) is 9.59 Å². The lowest BCUT2D eigenvalue weighted by molar-refractivity contribution is -0.138. The number of nitrogens with two attached hydrogens (primary N) is 1. The number of carbonyl (C=O) groups is 2. The number of nitrogens with one attached hydrogen (secondary N) is 1. The molecular weight excluding hydrogens is 220 g/mol. The fraction of sp³-hybridized carbons (Fsp3) is 0.833. The largest absolute Gasteiger partial charge is 0.481 e. The van der Waals surface area contributed by atoms with Gasteiger partial charge in [0.2, 0.25) is 5.91 Å². The minimum absolute atomic E-state index is 0.00912. The van der Waals surface area contributed by atoms with Crippen molar-refractivity contribution >= 4 is 11.9 Å². The Morgan fingerprint density at radius 3 is 2.41 bits per heavy atom. The maximum atomic E-state index is 11.8. The minimum Gasteiger partial charge on any atom is -0.481 e. The first kappa shape index (κ1) is 14.0. The Balaban J connectivity index is 2.43. The van der Waals surface area contributed by atoms with E-state index in [0.717, 1.165) is 12.8 Å². The van der Waals surface area contributed by atoms with E-state index >= 15 is 0 Å². The molecule has 0 spiro atoms. The van der Waals surface area contributed by atoms with E-state index in [4.69, 9.17) is 10.8 Å². The van der Waals surface area contributed by atoms with Crippen LogP contribution in [0.2, 0.25) is 0 Å². The van der Waals surface area contributed by atoms with Gasteiger partial charge in [-0.2, -0.15) is 0 Å². The molecule has 98 valence electrons. The van der Waals surface area contributed by atoms with Crippen LogP contribution in [0.5, 0.6) is 0 Å². The number of rotatable bonds is 7. The average molecular weight is 242 g/mol. The van der Waals surface area contributed by atoms with Crippen LogP contribution >= 0.6 is 0 Å². The third-order valence-corrected chi connectivity index (χ3v) is 2.98. The number of carbonyl (C=O) groups excluding carboxylic acids is 1. The van der Waals surface area contributed by atoms with Crippen LogP contribution in [0, 0.1) is 11.8 Å². The third-order valence-electron chi connectivity index (χ3n) is 2.98. The normalized spacial score (nSPS) is 18.8. The third kappa shape index (κ3) is 5.17. The minimum atomic E-state index is -0.875. The van der Waals surface area contributed by atoms with Crippen molar-refractivity contribution in [3.05, 3.63) is 0 Å². The maximum Gasteiger partial charge on any atom is 0.305 e. The number of aliphatic carboxylic acids is 1. The van der Waals surface area contributed by atoms with Gasteiger partial charge in [-0.3, -0.25) is 9.59 Å². The van der Waals surface area contributed by atoms with Crippen molar-refractivity contribution in [2.45, 2.75) is 51.6 Å². The van der Waals surface area contributed by atoms with Gasteiger partial charge in [0.05, 0.1) is 12.5 Å². The number of carboxylic acid groups (broad SMARTS) is 1. The van der Waals surface area contributed by atoms with E-state index in [1.54, 1.807) is 0 Å². The Kier molecular flexibility index (Phi) is 4.93. The molecular formula is C12H22N2O3. The molecule has 0 aromatic carbocycles. The van der Waals surface area contributed by atoms with Gasteiger partial charge in [-0.15, -0.1) is 0 Å². The van der Waals surface area contributed by atoms with E-state index < -0.39 is 12.0 Å². The molecule has 5 heteroatoms. The second kappa shape index (κ2) is 6.00.